The van der Waals surface area contributed by atoms with Gasteiger partial charge in [0, 0.05) is 54.7 Å². The van der Waals surface area contributed by atoms with Crippen LogP contribution in [0.1, 0.15) is 66.5 Å². The number of allylic oxidation sites excluding steroid dienone is 1. The SMILES string of the molecule is C=CCCCC(=O)NC[C@@]12C[C@@H](C(=O)Nc3cc(C)c(F)c(Br)n3)N(C(=O)Cn3nc(C(C)=O)c4cc(-c5cnc(C)nc5)cc(C)c43)[C@@H]1C2. The highest BCUT2D eigenvalue weighted by molar-refractivity contribution is 9.10. The van der Waals surface area contributed by atoms with Crippen LogP contribution in [-0.2, 0) is 20.9 Å². The molecular weight excluding hydrogens is 707 g/mol. The summed E-state index contributed by atoms with van der Waals surface area (Å²) < 4.78 is 15.7. The van der Waals surface area contributed by atoms with Crippen molar-refractivity contribution in [1.29, 1.82) is 0 Å². The van der Waals surface area contributed by atoms with Crippen LogP contribution in [0.5, 0.6) is 0 Å². The summed E-state index contributed by atoms with van der Waals surface area (Å²) in [5.74, 6) is -0.924. The second kappa shape index (κ2) is 13.8. The minimum absolute atomic E-state index is 0.0362. The van der Waals surface area contributed by atoms with Gasteiger partial charge in [0.2, 0.25) is 17.7 Å². The van der Waals surface area contributed by atoms with E-state index in [2.05, 4.69) is 53.2 Å². The lowest BCUT2D eigenvalue weighted by molar-refractivity contribution is -0.138. The molecule has 1 saturated heterocycles. The molecule has 3 amide bonds. The summed E-state index contributed by atoms with van der Waals surface area (Å²) in [6.07, 6.45) is 7.91. The molecule has 2 N–H and O–H groups in total. The Hall–Kier alpha value is -4.85. The first-order chi connectivity index (χ1) is 23.8. The number of nitrogens with zero attached hydrogens (tertiary/aromatic N) is 6. The van der Waals surface area contributed by atoms with Gasteiger partial charge >= 0.3 is 0 Å². The number of hydrogen-bond donors (Lipinski definition) is 2. The van der Waals surface area contributed by atoms with Crippen LogP contribution in [-0.4, -0.2) is 71.8 Å². The molecule has 0 unspecified atom stereocenters. The van der Waals surface area contributed by atoms with Crippen LogP contribution in [0.4, 0.5) is 10.2 Å². The number of aryl methyl sites for hydroxylation is 3. The fraction of sp³-hybridized carbons (Fsp3) is 0.389. The Kier molecular flexibility index (Phi) is 9.67. The normalized spacial score (nSPS) is 19.3. The molecule has 0 bridgehead atoms. The fourth-order valence-electron chi connectivity index (χ4n) is 6.95. The highest BCUT2D eigenvalue weighted by Crippen LogP contribution is 2.59. The van der Waals surface area contributed by atoms with Crippen LogP contribution < -0.4 is 10.6 Å². The third-order valence-corrected chi connectivity index (χ3v) is 10.1. The summed E-state index contributed by atoms with van der Waals surface area (Å²) in [6.45, 7) is 10.5. The van der Waals surface area contributed by atoms with Gasteiger partial charge < -0.3 is 15.5 Å². The number of anilines is 1. The van der Waals surface area contributed by atoms with Gasteiger partial charge in [-0.25, -0.2) is 19.3 Å². The second-order valence-corrected chi connectivity index (χ2v) is 14.0. The van der Waals surface area contributed by atoms with Crippen molar-refractivity contribution in [3.8, 4) is 11.1 Å². The zero-order valence-corrected chi connectivity index (χ0v) is 29.9. The summed E-state index contributed by atoms with van der Waals surface area (Å²) >= 11 is 3.09. The number of likely N-dealkylation sites (tertiary alicyclic amines) is 1. The predicted octanol–water partition coefficient (Wildman–Crippen LogP) is 5.39. The minimum Gasteiger partial charge on any atom is -0.355 e. The maximum absolute atomic E-state index is 14.3. The van der Waals surface area contributed by atoms with E-state index in [0.29, 0.717) is 54.5 Å². The van der Waals surface area contributed by atoms with Gasteiger partial charge in [0.15, 0.2) is 11.6 Å². The molecular formula is C36H38BrFN8O4. The number of unbranched alkanes of at least 4 members (excludes halogenated alkanes) is 1. The first-order valence-corrected chi connectivity index (χ1v) is 17.2. The van der Waals surface area contributed by atoms with Gasteiger partial charge in [-0.2, -0.15) is 5.10 Å². The number of nitrogens with one attached hydrogen (secondary N) is 2. The van der Waals surface area contributed by atoms with Gasteiger partial charge in [0.25, 0.3) is 0 Å². The van der Waals surface area contributed by atoms with Crippen molar-refractivity contribution < 1.29 is 23.6 Å². The lowest BCUT2D eigenvalue weighted by atomic mass is 9.98. The van der Waals surface area contributed by atoms with E-state index in [4.69, 9.17) is 0 Å². The lowest BCUT2D eigenvalue weighted by Crippen LogP contribution is -2.46. The average Bonchev–Trinajstić information content (AvgIpc) is 3.47. The summed E-state index contributed by atoms with van der Waals surface area (Å²) in [6, 6.07) is 4.05. The smallest absolute Gasteiger partial charge is 0.248 e. The summed E-state index contributed by atoms with van der Waals surface area (Å²) in [5, 5.41) is 11.0. The number of carbonyl (C=O) groups is 4. The maximum atomic E-state index is 14.3. The largest absolute Gasteiger partial charge is 0.355 e. The van der Waals surface area contributed by atoms with E-state index in [-0.39, 0.29) is 46.3 Å². The highest BCUT2D eigenvalue weighted by atomic mass is 79.9. The fourth-order valence-corrected chi connectivity index (χ4v) is 7.45. The van der Waals surface area contributed by atoms with Gasteiger partial charge in [0.1, 0.15) is 34.5 Å². The molecule has 4 aromatic rings. The monoisotopic (exact) mass is 744 g/mol. The number of halogens is 2. The Labute approximate surface area is 297 Å². The molecule has 1 saturated carbocycles. The molecule has 50 heavy (non-hydrogen) atoms. The van der Waals surface area contributed by atoms with Gasteiger partial charge in [-0.15, -0.1) is 6.58 Å². The van der Waals surface area contributed by atoms with E-state index in [1.807, 2.05) is 19.1 Å². The lowest BCUT2D eigenvalue weighted by Gasteiger charge is -2.27. The van der Waals surface area contributed by atoms with E-state index < -0.39 is 23.2 Å². The molecule has 0 spiro atoms. The Morgan fingerprint density at radius 1 is 1.08 bits per heavy atom. The van der Waals surface area contributed by atoms with Crippen molar-refractivity contribution in [3.63, 3.8) is 0 Å². The van der Waals surface area contributed by atoms with Crippen LogP contribution in [0.2, 0.25) is 0 Å². The number of aromatic nitrogens is 5. The molecule has 14 heteroatoms. The molecule has 1 aliphatic carbocycles. The van der Waals surface area contributed by atoms with Crippen LogP contribution in [0.3, 0.4) is 0 Å². The molecule has 3 atom stereocenters. The number of fused-ring (bicyclic) bond motifs is 2. The zero-order chi connectivity index (χ0) is 35.9. The van der Waals surface area contributed by atoms with Gasteiger partial charge in [0.05, 0.1) is 5.52 Å². The number of rotatable bonds is 12. The number of hydrogen-bond acceptors (Lipinski definition) is 8. The summed E-state index contributed by atoms with van der Waals surface area (Å²) in [4.78, 5) is 67.8. The van der Waals surface area contributed by atoms with Crippen LogP contribution >= 0.6 is 15.9 Å². The summed E-state index contributed by atoms with van der Waals surface area (Å²) in [5.41, 5.74) is 3.06. The molecule has 4 heterocycles. The van der Waals surface area contributed by atoms with E-state index in [1.54, 1.807) is 37.2 Å². The molecule has 1 aromatic carbocycles. The zero-order valence-electron chi connectivity index (χ0n) is 28.3. The number of ketones is 1. The van der Waals surface area contributed by atoms with Crippen LogP contribution in [0, 0.1) is 32.0 Å². The van der Waals surface area contributed by atoms with E-state index in [1.165, 1.54) is 17.7 Å². The number of carbonyl (C=O) groups excluding carboxylic acids is 4. The average molecular weight is 746 g/mol. The Bertz CT molecular complexity index is 2020. The van der Waals surface area contributed by atoms with Crippen LogP contribution in [0.25, 0.3) is 22.0 Å². The Balaban J connectivity index is 1.30. The number of amides is 3. The number of pyridine rings is 1. The molecule has 2 fully saturated rings. The second-order valence-electron chi connectivity index (χ2n) is 13.3. The minimum atomic E-state index is -0.881. The van der Waals surface area contributed by atoms with Gasteiger partial charge in [-0.1, -0.05) is 6.08 Å². The molecule has 260 valence electrons. The van der Waals surface area contributed by atoms with Gasteiger partial charge in [-0.05, 0) is 97.3 Å². The van der Waals surface area contributed by atoms with Gasteiger partial charge in [-0.3, -0.25) is 23.9 Å². The third-order valence-electron chi connectivity index (χ3n) is 9.58. The maximum Gasteiger partial charge on any atom is 0.248 e. The van der Waals surface area contributed by atoms with Crippen molar-refractivity contribution in [2.24, 2.45) is 5.41 Å². The van der Waals surface area contributed by atoms with Crippen molar-refractivity contribution in [2.75, 3.05) is 11.9 Å². The molecule has 6 rings (SSSR count). The quantitative estimate of drug-likeness (QED) is 0.0849. The number of piperidine rings is 1. The van der Waals surface area contributed by atoms with Crippen molar-refractivity contribution >= 4 is 56.2 Å². The van der Waals surface area contributed by atoms with E-state index in [0.717, 1.165) is 23.1 Å². The molecule has 0 radical (unpaired) electrons. The van der Waals surface area contributed by atoms with E-state index >= 15 is 0 Å². The standard InChI is InChI=1S/C36H38BrFN8O4/c1-6-7-8-9-29(48)41-18-36-13-26(35(50)43-28-11-19(2)31(38)34(37)42-28)46(27(36)14-36)30(49)17-45-33-20(3)10-23(24-15-39-22(5)40-16-24)12-25(33)32(44-45)21(4)47/h6,10-12,15-16,26-27H,1,7-9,13-14,17-18H2,2-5H3,(H,41,48)(H,42,43,50)/t26-,27+,36-/m0/s1. The predicted molar refractivity (Wildman–Crippen MR) is 189 cm³/mol. The molecule has 3 aromatic heterocycles. The highest BCUT2D eigenvalue weighted by Gasteiger charge is 2.67. The van der Waals surface area contributed by atoms with Crippen molar-refractivity contribution in [2.45, 2.75) is 78.4 Å². The van der Waals surface area contributed by atoms with Crippen molar-refractivity contribution in [3.05, 3.63) is 76.3 Å². The van der Waals surface area contributed by atoms with Crippen LogP contribution in [0.15, 0.2) is 47.9 Å². The third kappa shape index (κ3) is 6.80. The molecule has 1 aliphatic heterocycles. The summed E-state index contributed by atoms with van der Waals surface area (Å²) in [7, 11) is 0. The first kappa shape index (κ1) is 35.0. The number of Topliss-reactive ketones (excluding diaryl/α,β-unsaturated/α-hetero) is 1. The molecule has 2 aliphatic rings. The molecule has 12 nitrogen and oxygen atoms in total. The van der Waals surface area contributed by atoms with E-state index in [9.17, 15) is 23.6 Å². The topological polar surface area (TPSA) is 152 Å². The Morgan fingerprint density at radius 2 is 1.82 bits per heavy atom. The first-order valence-electron chi connectivity index (χ1n) is 16.4. The number of benzene rings is 1. The van der Waals surface area contributed by atoms with Crippen molar-refractivity contribution in [1.82, 2.24) is 34.9 Å². The Morgan fingerprint density at radius 3 is 2.50 bits per heavy atom.